The molecule has 2 N–H and O–H groups in total. The Hall–Kier alpha value is -3.49. The Balaban J connectivity index is 1.44. The molecule has 4 aromatic rings. The molecule has 5 rings (SSSR count). The molecular weight excluding hydrogens is 545 g/mol. The summed E-state index contributed by atoms with van der Waals surface area (Å²) in [5.74, 6) is 0.673. The van der Waals surface area contributed by atoms with Crippen LogP contribution >= 0.6 is 23.2 Å². The zero-order valence-corrected chi connectivity index (χ0v) is 24.0. The van der Waals surface area contributed by atoms with Crippen LogP contribution < -0.4 is 10.5 Å². The smallest absolute Gasteiger partial charge is 0.219 e. The van der Waals surface area contributed by atoms with Gasteiger partial charge in [-0.3, -0.25) is 14.7 Å². The number of benzene rings is 2. The number of nitrogens with two attached hydrogens (primary N) is 1. The first-order valence-corrected chi connectivity index (χ1v) is 13.9. The minimum absolute atomic E-state index is 0.118. The number of methoxy groups -OCH3 is 1. The van der Waals surface area contributed by atoms with E-state index in [0.717, 1.165) is 65.4 Å². The Morgan fingerprint density at radius 3 is 1.98 bits per heavy atom. The van der Waals surface area contributed by atoms with E-state index in [-0.39, 0.29) is 5.91 Å². The Labute approximate surface area is 244 Å². The number of aromatic nitrogens is 2. The maximum absolute atomic E-state index is 11.7. The van der Waals surface area contributed by atoms with Crippen LogP contribution in [-0.2, 0) is 17.9 Å². The zero-order valence-electron chi connectivity index (χ0n) is 22.5. The van der Waals surface area contributed by atoms with Gasteiger partial charge >= 0.3 is 0 Å². The van der Waals surface area contributed by atoms with Crippen molar-refractivity contribution in [2.24, 2.45) is 5.73 Å². The van der Waals surface area contributed by atoms with Crippen LogP contribution in [0.2, 0.25) is 10.0 Å². The third-order valence-electron chi connectivity index (χ3n) is 7.20. The third kappa shape index (κ3) is 5.83. The number of hydrogen-bond acceptors (Lipinski definition) is 6. The van der Waals surface area contributed by atoms with Crippen LogP contribution in [0.5, 0.6) is 5.88 Å². The van der Waals surface area contributed by atoms with Crippen molar-refractivity contribution in [3.8, 4) is 39.5 Å². The highest BCUT2D eigenvalue weighted by Gasteiger charge is 2.21. The van der Waals surface area contributed by atoms with Crippen molar-refractivity contribution in [1.29, 1.82) is 0 Å². The van der Waals surface area contributed by atoms with Crippen molar-refractivity contribution in [3.05, 3.63) is 88.0 Å². The molecule has 206 valence electrons. The molecule has 0 bridgehead atoms. The predicted octanol–water partition coefficient (Wildman–Crippen LogP) is 5.92. The minimum atomic E-state index is 0.118. The molecule has 7 nitrogen and oxygen atoms in total. The topological polar surface area (TPSA) is 84.6 Å². The molecule has 0 saturated carbocycles. The summed E-state index contributed by atoms with van der Waals surface area (Å²) in [6.45, 7) is 5.73. The van der Waals surface area contributed by atoms with Crippen LogP contribution in [0.15, 0.2) is 66.7 Å². The molecule has 1 aliphatic heterocycles. The number of hydrogen-bond donors (Lipinski definition) is 1. The SMILES string of the molecule is COc1nc(-c2cccc(-c3cccc(-c4cccc(CN)n4)c3Cl)c2Cl)ccc1CN1CCN(C(C)=O)CC1. The molecule has 1 amide bonds. The molecule has 0 aliphatic carbocycles. The van der Waals surface area contributed by atoms with Crippen molar-refractivity contribution in [2.45, 2.75) is 20.0 Å². The van der Waals surface area contributed by atoms with Gasteiger partial charge in [0.2, 0.25) is 11.8 Å². The fraction of sp³-hybridized carbons (Fsp3) is 0.258. The van der Waals surface area contributed by atoms with E-state index in [0.29, 0.717) is 34.7 Å². The van der Waals surface area contributed by atoms with E-state index < -0.39 is 0 Å². The molecule has 2 aromatic carbocycles. The zero-order chi connectivity index (χ0) is 28.2. The van der Waals surface area contributed by atoms with Gasteiger partial charge in [0, 0.05) is 74.0 Å². The Morgan fingerprint density at radius 2 is 1.40 bits per heavy atom. The molecule has 9 heteroatoms. The number of ether oxygens (including phenoxy) is 1. The molecule has 1 aliphatic rings. The van der Waals surface area contributed by atoms with Gasteiger partial charge < -0.3 is 15.4 Å². The van der Waals surface area contributed by atoms with Gasteiger partial charge in [-0.05, 0) is 18.2 Å². The highest BCUT2D eigenvalue weighted by atomic mass is 35.5. The number of piperazine rings is 1. The van der Waals surface area contributed by atoms with Gasteiger partial charge in [0.15, 0.2) is 0 Å². The number of amides is 1. The van der Waals surface area contributed by atoms with E-state index >= 15 is 0 Å². The largest absolute Gasteiger partial charge is 0.481 e. The first-order valence-electron chi connectivity index (χ1n) is 13.2. The predicted molar refractivity (Wildman–Crippen MR) is 160 cm³/mol. The number of halogens is 2. The molecule has 0 spiro atoms. The summed E-state index contributed by atoms with van der Waals surface area (Å²) in [7, 11) is 1.63. The van der Waals surface area contributed by atoms with Crippen LogP contribution in [0.25, 0.3) is 33.6 Å². The number of nitrogens with zero attached hydrogens (tertiary/aromatic N) is 4. The van der Waals surface area contributed by atoms with Crippen LogP contribution in [0.3, 0.4) is 0 Å². The number of carbonyl (C=O) groups is 1. The van der Waals surface area contributed by atoms with Crippen molar-refractivity contribution < 1.29 is 9.53 Å². The first-order chi connectivity index (χ1) is 19.4. The second-order valence-electron chi connectivity index (χ2n) is 9.70. The van der Waals surface area contributed by atoms with Gasteiger partial charge in [0.1, 0.15) is 0 Å². The molecular formula is C31H31Cl2N5O2. The molecule has 40 heavy (non-hydrogen) atoms. The lowest BCUT2D eigenvalue weighted by Crippen LogP contribution is -2.47. The average molecular weight is 577 g/mol. The maximum atomic E-state index is 11.7. The first kappa shape index (κ1) is 28.1. The summed E-state index contributed by atoms with van der Waals surface area (Å²) in [6, 6.07) is 21.4. The highest BCUT2D eigenvalue weighted by Crippen LogP contribution is 2.42. The Bertz CT molecular complexity index is 1540. The molecule has 0 unspecified atom stereocenters. The lowest BCUT2D eigenvalue weighted by atomic mass is 9.98. The van der Waals surface area contributed by atoms with Crippen LogP contribution in [0, 0.1) is 0 Å². The summed E-state index contributed by atoms with van der Waals surface area (Å²) in [5.41, 5.74) is 12.2. The number of carbonyl (C=O) groups excluding carboxylic acids is 1. The van der Waals surface area contributed by atoms with Gasteiger partial charge in [0.05, 0.1) is 34.2 Å². The van der Waals surface area contributed by atoms with Gasteiger partial charge in [0.25, 0.3) is 0 Å². The van der Waals surface area contributed by atoms with Crippen LogP contribution in [0.4, 0.5) is 0 Å². The van der Waals surface area contributed by atoms with Gasteiger partial charge in [-0.2, -0.15) is 0 Å². The fourth-order valence-corrected chi connectivity index (χ4v) is 5.65. The van der Waals surface area contributed by atoms with E-state index in [1.165, 1.54) is 0 Å². The van der Waals surface area contributed by atoms with Crippen molar-refractivity contribution >= 4 is 29.1 Å². The van der Waals surface area contributed by atoms with Gasteiger partial charge in [-0.25, -0.2) is 4.98 Å². The van der Waals surface area contributed by atoms with Crippen molar-refractivity contribution in [2.75, 3.05) is 33.3 Å². The monoisotopic (exact) mass is 575 g/mol. The summed E-state index contributed by atoms with van der Waals surface area (Å²) in [6.07, 6.45) is 0. The summed E-state index contributed by atoms with van der Waals surface area (Å²) < 4.78 is 5.68. The minimum Gasteiger partial charge on any atom is -0.481 e. The van der Waals surface area contributed by atoms with Gasteiger partial charge in [-0.1, -0.05) is 71.7 Å². The summed E-state index contributed by atoms with van der Waals surface area (Å²) >= 11 is 14.0. The lowest BCUT2D eigenvalue weighted by molar-refractivity contribution is -0.130. The van der Waals surface area contributed by atoms with E-state index in [1.807, 2.05) is 71.6 Å². The molecule has 0 atom stereocenters. The lowest BCUT2D eigenvalue weighted by Gasteiger charge is -2.34. The van der Waals surface area contributed by atoms with Crippen LogP contribution in [-0.4, -0.2) is 59.0 Å². The standard InChI is InChI=1S/C31H31Cl2N5O2/c1-20(39)38-16-14-37(15-17-38)19-21-12-13-28(36-31(21)40-2)26-10-5-8-24(30(26)33)23-7-4-9-25(29(23)32)27-11-3-6-22(18-34)35-27/h3-13H,14-19,34H2,1-2H3. The molecule has 3 heterocycles. The molecule has 1 saturated heterocycles. The van der Waals surface area contributed by atoms with Crippen molar-refractivity contribution in [1.82, 2.24) is 19.8 Å². The quantitative estimate of drug-likeness (QED) is 0.294. The second-order valence-corrected chi connectivity index (χ2v) is 10.5. The highest BCUT2D eigenvalue weighted by molar-refractivity contribution is 6.39. The van der Waals surface area contributed by atoms with E-state index in [9.17, 15) is 4.79 Å². The van der Waals surface area contributed by atoms with E-state index in [1.54, 1.807) is 14.0 Å². The van der Waals surface area contributed by atoms with E-state index in [4.69, 9.17) is 38.7 Å². The van der Waals surface area contributed by atoms with Gasteiger partial charge in [-0.15, -0.1) is 0 Å². The Kier molecular flexibility index (Phi) is 8.66. The fourth-order valence-electron chi connectivity index (χ4n) is 5.00. The number of pyridine rings is 2. The van der Waals surface area contributed by atoms with Crippen LogP contribution in [0.1, 0.15) is 18.2 Å². The molecule has 1 fully saturated rings. The summed E-state index contributed by atoms with van der Waals surface area (Å²) in [5, 5.41) is 1.11. The third-order valence-corrected chi connectivity index (χ3v) is 8.01. The normalized spacial score (nSPS) is 13.9. The second kappa shape index (κ2) is 12.4. The number of rotatable bonds is 7. The molecule has 0 radical (unpaired) electrons. The maximum Gasteiger partial charge on any atom is 0.219 e. The average Bonchev–Trinajstić information content (AvgIpc) is 2.98. The van der Waals surface area contributed by atoms with Crippen molar-refractivity contribution in [3.63, 3.8) is 0 Å². The molecule has 2 aromatic heterocycles. The summed E-state index contributed by atoms with van der Waals surface area (Å²) in [4.78, 5) is 25.3. The Morgan fingerprint density at radius 1 is 0.825 bits per heavy atom. The van der Waals surface area contributed by atoms with E-state index in [2.05, 4.69) is 9.88 Å².